The van der Waals surface area contributed by atoms with E-state index in [4.69, 9.17) is 22.3 Å². The minimum atomic E-state index is -1.03. The van der Waals surface area contributed by atoms with E-state index in [0.717, 1.165) is 0 Å². The molecule has 2 atom stereocenters. The van der Waals surface area contributed by atoms with Crippen LogP contribution in [0.1, 0.15) is 25.7 Å². The van der Waals surface area contributed by atoms with Crippen LogP contribution in [0.4, 0.5) is 0 Å². The van der Waals surface area contributed by atoms with Crippen molar-refractivity contribution in [2.45, 2.75) is 37.8 Å². The van der Waals surface area contributed by atoms with Crippen LogP contribution in [0, 0.1) is 0 Å². The summed E-state index contributed by atoms with van der Waals surface area (Å²) in [5.74, 6) is -1.27. The maximum absolute atomic E-state index is 11.4. The normalized spacial score (nSPS) is 14.1. The first-order valence-electron chi connectivity index (χ1n) is 5.70. The summed E-state index contributed by atoms with van der Waals surface area (Å²) < 4.78 is 0. The highest BCUT2D eigenvalue weighted by molar-refractivity contribution is 5.81. The number of carbonyl (C=O) groups excluding carboxylic acids is 1. The molecule has 0 spiro atoms. The number of hydrogen-bond donors (Lipinski definition) is 5. The van der Waals surface area contributed by atoms with Gasteiger partial charge in [-0.3, -0.25) is 9.59 Å². The molecule has 1 amide bonds. The van der Waals surface area contributed by atoms with E-state index in [1.165, 1.54) is 0 Å². The number of carboxylic acids is 1. The maximum atomic E-state index is 11.4. The molecule has 0 fully saturated rings. The van der Waals surface area contributed by atoms with Gasteiger partial charge in [-0.05, 0) is 32.2 Å². The van der Waals surface area contributed by atoms with Crippen molar-refractivity contribution >= 4 is 11.9 Å². The molecule has 100 valence electrons. The summed E-state index contributed by atoms with van der Waals surface area (Å²) in [5.41, 5.74) is 16.2. The van der Waals surface area contributed by atoms with Gasteiger partial charge < -0.3 is 27.6 Å². The molecule has 0 aliphatic carbocycles. The predicted molar refractivity (Wildman–Crippen MR) is 64.1 cm³/mol. The monoisotopic (exact) mass is 246 g/mol. The number of rotatable bonds is 9. The third-order valence-corrected chi connectivity index (χ3v) is 2.36. The lowest BCUT2D eigenvalue weighted by molar-refractivity contribution is -0.138. The number of carbonyl (C=O) groups is 2. The molecule has 7 nitrogen and oxygen atoms in total. The highest BCUT2D eigenvalue weighted by Gasteiger charge is 2.13. The van der Waals surface area contributed by atoms with E-state index in [9.17, 15) is 9.59 Å². The second kappa shape index (κ2) is 8.91. The second-order valence-corrected chi connectivity index (χ2v) is 3.92. The van der Waals surface area contributed by atoms with Gasteiger partial charge in [-0.25, -0.2) is 0 Å². The lowest BCUT2D eigenvalue weighted by atomic mass is 10.1. The Kier molecular flexibility index (Phi) is 8.29. The summed E-state index contributed by atoms with van der Waals surface area (Å²) >= 11 is 0. The second-order valence-electron chi connectivity index (χ2n) is 3.92. The van der Waals surface area contributed by atoms with Crippen LogP contribution in [-0.4, -0.2) is 42.2 Å². The van der Waals surface area contributed by atoms with Crippen molar-refractivity contribution in [3.63, 3.8) is 0 Å². The van der Waals surface area contributed by atoms with Gasteiger partial charge in [0.2, 0.25) is 5.91 Å². The molecule has 0 aliphatic heterocycles. The molecule has 0 rings (SSSR count). The van der Waals surface area contributed by atoms with E-state index in [-0.39, 0.29) is 5.91 Å². The van der Waals surface area contributed by atoms with Gasteiger partial charge in [-0.15, -0.1) is 0 Å². The molecule has 0 aliphatic rings. The molecule has 0 bridgehead atoms. The fraction of sp³-hybridized carbons (Fsp3) is 0.800. The van der Waals surface area contributed by atoms with Gasteiger partial charge in [0.05, 0.1) is 6.04 Å². The average Bonchev–Trinajstić information content (AvgIpc) is 2.30. The SMILES string of the molecule is NCCCC(N)C(=O)NCCCC(N)C(=O)O. The number of amides is 1. The fourth-order valence-corrected chi connectivity index (χ4v) is 1.26. The van der Waals surface area contributed by atoms with Gasteiger partial charge in [-0.2, -0.15) is 0 Å². The van der Waals surface area contributed by atoms with Gasteiger partial charge in [0, 0.05) is 6.54 Å². The quantitative estimate of drug-likeness (QED) is 0.309. The molecule has 0 aromatic carbocycles. The highest BCUT2D eigenvalue weighted by Crippen LogP contribution is 1.95. The zero-order chi connectivity index (χ0) is 13.3. The fourth-order valence-electron chi connectivity index (χ4n) is 1.26. The first-order valence-corrected chi connectivity index (χ1v) is 5.70. The Balaban J connectivity index is 3.60. The zero-order valence-electron chi connectivity index (χ0n) is 9.89. The Morgan fingerprint density at radius 1 is 1.12 bits per heavy atom. The lowest BCUT2D eigenvalue weighted by Gasteiger charge is -2.12. The Labute approximate surface area is 101 Å². The van der Waals surface area contributed by atoms with Crippen LogP contribution in [0.3, 0.4) is 0 Å². The largest absolute Gasteiger partial charge is 0.480 e. The van der Waals surface area contributed by atoms with E-state index in [1.54, 1.807) is 0 Å². The van der Waals surface area contributed by atoms with E-state index < -0.39 is 18.1 Å². The number of nitrogens with one attached hydrogen (secondary N) is 1. The lowest BCUT2D eigenvalue weighted by Crippen LogP contribution is -2.41. The summed E-state index contributed by atoms with van der Waals surface area (Å²) in [6.07, 6.45) is 2.10. The predicted octanol–water partition coefficient (Wildman–Crippen LogP) is -1.64. The molecule has 17 heavy (non-hydrogen) atoms. The highest BCUT2D eigenvalue weighted by atomic mass is 16.4. The van der Waals surface area contributed by atoms with E-state index in [2.05, 4.69) is 5.32 Å². The van der Waals surface area contributed by atoms with Crippen molar-refractivity contribution in [3.8, 4) is 0 Å². The molecule has 7 heteroatoms. The van der Waals surface area contributed by atoms with E-state index in [0.29, 0.717) is 38.8 Å². The minimum Gasteiger partial charge on any atom is -0.480 e. The van der Waals surface area contributed by atoms with Crippen LogP contribution in [0.15, 0.2) is 0 Å². The average molecular weight is 246 g/mol. The standard InChI is InChI=1S/C10H22N4O3/c11-5-1-3-7(12)9(15)14-6-2-4-8(13)10(16)17/h7-8H,1-6,11-13H2,(H,14,15)(H,16,17). The van der Waals surface area contributed by atoms with Crippen molar-refractivity contribution in [2.75, 3.05) is 13.1 Å². The van der Waals surface area contributed by atoms with Gasteiger partial charge >= 0.3 is 5.97 Å². The van der Waals surface area contributed by atoms with E-state index in [1.807, 2.05) is 0 Å². The van der Waals surface area contributed by atoms with Crippen LogP contribution in [0.5, 0.6) is 0 Å². The molecule has 2 unspecified atom stereocenters. The maximum Gasteiger partial charge on any atom is 0.320 e. The molecular weight excluding hydrogens is 224 g/mol. The van der Waals surface area contributed by atoms with Gasteiger partial charge in [-0.1, -0.05) is 0 Å². The van der Waals surface area contributed by atoms with Crippen LogP contribution >= 0.6 is 0 Å². The van der Waals surface area contributed by atoms with E-state index >= 15 is 0 Å². The number of nitrogens with two attached hydrogens (primary N) is 3. The minimum absolute atomic E-state index is 0.234. The smallest absolute Gasteiger partial charge is 0.320 e. The van der Waals surface area contributed by atoms with Gasteiger partial charge in [0.15, 0.2) is 0 Å². The van der Waals surface area contributed by atoms with Crippen molar-refractivity contribution in [2.24, 2.45) is 17.2 Å². The molecular formula is C10H22N4O3. The zero-order valence-corrected chi connectivity index (χ0v) is 9.89. The van der Waals surface area contributed by atoms with Crippen LogP contribution in [0.2, 0.25) is 0 Å². The molecule has 0 heterocycles. The Morgan fingerprint density at radius 2 is 1.71 bits per heavy atom. The summed E-state index contributed by atoms with van der Waals surface area (Å²) in [4.78, 5) is 21.8. The Morgan fingerprint density at radius 3 is 2.24 bits per heavy atom. The topological polar surface area (TPSA) is 144 Å². The molecule has 0 aromatic rings. The number of carboxylic acid groups (broad SMARTS) is 1. The summed E-state index contributed by atoms with van der Waals surface area (Å²) in [6.45, 7) is 0.893. The third-order valence-electron chi connectivity index (χ3n) is 2.36. The molecule has 8 N–H and O–H groups in total. The van der Waals surface area contributed by atoms with Crippen molar-refractivity contribution in [3.05, 3.63) is 0 Å². The van der Waals surface area contributed by atoms with Crippen LogP contribution in [-0.2, 0) is 9.59 Å². The van der Waals surface area contributed by atoms with Crippen molar-refractivity contribution < 1.29 is 14.7 Å². The van der Waals surface area contributed by atoms with Crippen molar-refractivity contribution in [1.29, 1.82) is 0 Å². The van der Waals surface area contributed by atoms with Gasteiger partial charge in [0.25, 0.3) is 0 Å². The van der Waals surface area contributed by atoms with Crippen molar-refractivity contribution in [1.82, 2.24) is 5.32 Å². The first kappa shape index (κ1) is 15.8. The third kappa shape index (κ3) is 7.67. The Hall–Kier alpha value is -1.18. The van der Waals surface area contributed by atoms with Crippen LogP contribution in [0.25, 0.3) is 0 Å². The van der Waals surface area contributed by atoms with Crippen LogP contribution < -0.4 is 22.5 Å². The summed E-state index contributed by atoms with van der Waals surface area (Å²) in [5, 5.41) is 11.2. The molecule has 0 aromatic heterocycles. The number of hydrogen-bond acceptors (Lipinski definition) is 5. The molecule has 0 saturated heterocycles. The first-order chi connectivity index (χ1) is 7.99. The summed E-state index contributed by atoms with van der Waals surface area (Å²) in [6, 6.07) is -1.43. The summed E-state index contributed by atoms with van der Waals surface area (Å²) in [7, 11) is 0. The number of aliphatic carboxylic acids is 1. The molecule has 0 radical (unpaired) electrons. The van der Waals surface area contributed by atoms with Gasteiger partial charge in [0.1, 0.15) is 6.04 Å². The molecule has 0 saturated carbocycles. The Bertz CT molecular complexity index is 248.